The number of fused-ring (bicyclic) bond motifs is 1. The van der Waals surface area contributed by atoms with Crippen LogP contribution in [0.15, 0.2) is 33.6 Å². The monoisotopic (exact) mass is 379 g/mol. The van der Waals surface area contributed by atoms with Crippen molar-refractivity contribution in [2.45, 2.75) is 50.2 Å². The van der Waals surface area contributed by atoms with Gasteiger partial charge < -0.3 is 14.5 Å². The van der Waals surface area contributed by atoms with Gasteiger partial charge in [-0.3, -0.25) is 0 Å². The summed E-state index contributed by atoms with van der Waals surface area (Å²) in [4.78, 5) is 16.2. The van der Waals surface area contributed by atoms with Gasteiger partial charge in [-0.2, -0.15) is 8.42 Å². The number of nitrogens with zero attached hydrogens (tertiary/aromatic N) is 3. The number of piperidine rings is 1. The van der Waals surface area contributed by atoms with Crippen molar-refractivity contribution in [2.24, 2.45) is 4.40 Å². The predicted octanol–water partition coefficient (Wildman–Crippen LogP) is 2.47. The lowest BCUT2D eigenvalue weighted by molar-refractivity contribution is 0.0169. The quantitative estimate of drug-likeness (QED) is 0.749. The standard InChI is InChI=1S/C18H25N3O4S/c1-18(2,3)25-17(22)20(4)13-8-7-11-21(12-13)16-14-9-5-6-10-15(14)26(23,24)19-16/h5-6,9-10,13H,7-8,11-12H2,1-4H3/t13-/m0/s1. The molecule has 0 aromatic heterocycles. The summed E-state index contributed by atoms with van der Waals surface area (Å²) < 4.78 is 34.0. The molecule has 1 aromatic rings. The molecule has 0 unspecified atom stereocenters. The van der Waals surface area contributed by atoms with Crippen LogP contribution in [-0.4, -0.2) is 61.9 Å². The highest BCUT2D eigenvalue weighted by Crippen LogP contribution is 2.29. The molecule has 1 saturated heterocycles. The molecule has 0 saturated carbocycles. The molecule has 142 valence electrons. The molecule has 1 atom stereocenters. The van der Waals surface area contributed by atoms with Gasteiger partial charge in [0, 0.05) is 25.7 Å². The van der Waals surface area contributed by atoms with E-state index in [0.717, 1.165) is 12.8 Å². The molecule has 7 nitrogen and oxygen atoms in total. The van der Waals surface area contributed by atoms with Gasteiger partial charge in [0.2, 0.25) is 0 Å². The Kier molecular flexibility index (Phi) is 4.72. The number of hydrogen-bond donors (Lipinski definition) is 0. The molecule has 0 N–H and O–H groups in total. The van der Waals surface area contributed by atoms with E-state index in [1.165, 1.54) is 0 Å². The van der Waals surface area contributed by atoms with Crippen LogP contribution in [0.5, 0.6) is 0 Å². The Morgan fingerprint density at radius 2 is 2.00 bits per heavy atom. The first-order valence-corrected chi connectivity index (χ1v) is 10.2. The summed E-state index contributed by atoms with van der Waals surface area (Å²) in [6.45, 7) is 6.74. The van der Waals surface area contributed by atoms with E-state index in [-0.39, 0.29) is 17.0 Å². The van der Waals surface area contributed by atoms with Gasteiger partial charge in [-0.1, -0.05) is 12.1 Å². The van der Waals surface area contributed by atoms with Gasteiger partial charge in [-0.05, 0) is 45.7 Å². The van der Waals surface area contributed by atoms with Crippen molar-refractivity contribution in [2.75, 3.05) is 20.1 Å². The molecule has 2 aliphatic heterocycles. The van der Waals surface area contributed by atoms with E-state index in [4.69, 9.17) is 4.74 Å². The molecule has 2 aliphatic rings. The minimum absolute atomic E-state index is 0.0585. The first-order valence-electron chi connectivity index (χ1n) is 8.73. The highest BCUT2D eigenvalue weighted by atomic mass is 32.2. The molecule has 1 amide bonds. The molecular formula is C18H25N3O4S. The molecule has 0 spiro atoms. The molecule has 3 rings (SSSR count). The average molecular weight is 379 g/mol. The third-order valence-corrected chi connectivity index (χ3v) is 5.86. The van der Waals surface area contributed by atoms with Crippen LogP contribution < -0.4 is 0 Å². The SMILES string of the molecule is CN(C(=O)OC(C)(C)C)[C@H]1CCCN(C2=NS(=O)(=O)c3ccccc32)C1. The number of likely N-dealkylation sites (N-methyl/N-ethyl adjacent to an activating group) is 1. The second kappa shape index (κ2) is 6.57. The molecule has 26 heavy (non-hydrogen) atoms. The summed E-state index contributed by atoms with van der Waals surface area (Å²) in [7, 11) is -1.92. The van der Waals surface area contributed by atoms with E-state index in [0.29, 0.717) is 24.5 Å². The van der Waals surface area contributed by atoms with Crippen LogP contribution in [0, 0.1) is 0 Å². The van der Waals surface area contributed by atoms with E-state index in [1.54, 1.807) is 30.1 Å². The Labute approximate surface area is 154 Å². The first kappa shape index (κ1) is 18.7. The topological polar surface area (TPSA) is 79.3 Å². The number of carbonyl (C=O) groups excluding carboxylic acids is 1. The lowest BCUT2D eigenvalue weighted by Gasteiger charge is -2.38. The zero-order valence-corrected chi connectivity index (χ0v) is 16.4. The normalized spacial score (nSPS) is 21.8. The van der Waals surface area contributed by atoms with Gasteiger partial charge in [0.1, 0.15) is 10.5 Å². The average Bonchev–Trinajstić information content (AvgIpc) is 2.85. The molecule has 0 aliphatic carbocycles. The fourth-order valence-corrected chi connectivity index (χ4v) is 4.49. The Morgan fingerprint density at radius 3 is 2.69 bits per heavy atom. The van der Waals surface area contributed by atoms with E-state index in [1.807, 2.05) is 31.7 Å². The minimum atomic E-state index is -3.64. The van der Waals surface area contributed by atoms with Crippen molar-refractivity contribution in [3.05, 3.63) is 29.8 Å². The van der Waals surface area contributed by atoms with Gasteiger partial charge in [-0.15, -0.1) is 4.40 Å². The molecule has 0 bridgehead atoms. The van der Waals surface area contributed by atoms with Gasteiger partial charge in [-0.25, -0.2) is 4.79 Å². The number of rotatable bonds is 1. The maximum absolute atomic E-state index is 12.3. The maximum atomic E-state index is 12.3. The van der Waals surface area contributed by atoms with Crippen LogP contribution in [-0.2, 0) is 14.8 Å². The Bertz CT molecular complexity index is 842. The summed E-state index contributed by atoms with van der Waals surface area (Å²) in [5.41, 5.74) is 0.0792. The lowest BCUT2D eigenvalue weighted by Crippen LogP contribution is -2.51. The van der Waals surface area contributed by atoms with Crippen molar-refractivity contribution in [1.29, 1.82) is 0 Å². The fraction of sp³-hybridized carbons (Fsp3) is 0.556. The molecule has 8 heteroatoms. The molecule has 1 aromatic carbocycles. The number of amides is 1. The zero-order chi connectivity index (χ0) is 19.1. The highest BCUT2D eigenvalue weighted by Gasteiger charge is 2.35. The van der Waals surface area contributed by atoms with Crippen molar-refractivity contribution in [1.82, 2.24) is 9.80 Å². The largest absolute Gasteiger partial charge is 0.444 e. The predicted molar refractivity (Wildman–Crippen MR) is 98.8 cm³/mol. The summed E-state index contributed by atoms with van der Waals surface area (Å²) in [6, 6.07) is 6.81. The van der Waals surface area contributed by atoms with Crippen LogP contribution in [0.4, 0.5) is 4.79 Å². The van der Waals surface area contributed by atoms with Gasteiger partial charge >= 0.3 is 6.09 Å². The first-order chi connectivity index (χ1) is 12.1. The Morgan fingerprint density at radius 1 is 1.31 bits per heavy atom. The number of likely N-dealkylation sites (tertiary alicyclic amines) is 1. The second-order valence-electron chi connectivity index (χ2n) is 7.72. The number of amidine groups is 1. The highest BCUT2D eigenvalue weighted by molar-refractivity contribution is 7.90. The Hall–Kier alpha value is -2.09. The van der Waals surface area contributed by atoms with Crippen molar-refractivity contribution >= 4 is 22.0 Å². The van der Waals surface area contributed by atoms with Crippen molar-refractivity contribution in [3.8, 4) is 0 Å². The summed E-state index contributed by atoms with van der Waals surface area (Å²) in [6.07, 6.45) is 1.32. The molecular weight excluding hydrogens is 354 g/mol. The maximum Gasteiger partial charge on any atom is 0.410 e. The fourth-order valence-electron chi connectivity index (χ4n) is 3.26. The van der Waals surface area contributed by atoms with Crippen molar-refractivity contribution < 1.29 is 17.9 Å². The number of ether oxygens (including phenoxy) is 1. The summed E-state index contributed by atoms with van der Waals surface area (Å²) >= 11 is 0. The number of benzene rings is 1. The van der Waals surface area contributed by atoms with E-state index in [9.17, 15) is 13.2 Å². The zero-order valence-electron chi connectivity index (χ0n) is 15.6. The molecule has 1 fully saturated rings. The lowest BCUT2D eigenvalue weighted by atomic mass is 10.0. The third-order valence-electron chi connectivity index (χ3n) is 4.54. The van der Waals surface area contributed by atoms with Crippen LogP contribution in [0.1, 0.15) is 39.2 Å². The minimum Gasteiger partial charge on any atom is -0.444 e. The van der Waals surface area contributed by atoms with Crippen LogP contribution >= 0.6 is 0 Å². The van der Waals surface area contributed by atoms with Gasteiger partial charge in [0.05, 0.1) is 6.04 Å². The summed E-state index contributed by atoms with van der Waals surface area (Å²) in [5.74, 6) is 0.475. The number of carbonyl (C=O) groups is 1. The van der Waals surface area contributed by atoms with Crippen LogP contribution in [0.3, 0.4) is 0 Å². The van der Waals surface area contributed by atoms with Gasteiger partial charge in [0.25, 0.3) is 10.0 Å². The van der Waals surface area contributed by atoms with E-state index in [2.05, 4.69) is 4.40 Å². The van der Waals surface area contributed by atoms with Crippen LogP contribution in [0.25, 0.3) is 0 Å². The molecule has 0 radical (unpaired) electrons. The number of sulfonamides is 1. The number of hydrogen-bond acceptors (Lipinski definition) is 5. The summed E-state index contributed by atoms with van der Waals surface area (Å²) in [5, 5.41) is 0. The Balaban J connectivity index is 1.79. The van der Waals surface area contributed by atoms with E-state index >= 15 is 0 Å². The molecule has 2 heterocycles. The van der Waals surface area contributed by atoms with Gasteiger partial charge in [0.15, 0.2) is 5.84 Å². The smallest absolute Gasteiger partial charge is 0.410 e. The van der Waals surface area contributed by atoms with Crippen LogP contribution in [0.2, 0.25) is 0 Å². The van der Waals surface area contributed by atoms with E-state index < -0.39 is 15.6 Å². The third kappa shape index (κ3) is 3.70. The second-order valence-corrected chi connectivity index (χ2v) is 9.29. The van der Waals surface area contributed by atoms with Crippen molar-refractivity contribution in [3.63, 3.8) is 0 Å².